The number of thiophene rings is 1. The van der Waals surface area contributed by atoms with Gasteiger partial charge in [0.15, 0.2) is 0 Å². The van der Waals surface area contributed by atoms with E-state index in [2.05, 4.69) is 241 Å². The van der Waals surface area contributed by atoms with E-state index >= 15 is 0 Å². The van der Waals surface area contributed by atoms with Crippen LogP contribution in [0.1, 0.15) is 0 Å². The predicted octanol–water partition coefficient (Wildman–Crippen LogP) is 17.7. The SMILES string of the molecule is c1cc(-c2ccc(N(c3ccc(-c4ccc5c(ccc6ccccc65)c4)cc3)c3ccc(-c4ccc5c(c4)sc4ccccc45)cc3)cc2)cc(-c2cccc3ccccc23)c1. The maximum absolute atomic E-state index is 2.37. The van der Waals surface area contributed by atoms with Crippen molar-refractivity contribution in [2.75, 3.05) is 4.90 Å². The fourth-order valence-electron chi connectivity index (χ4n) is 9.30. The molecule has 0 bridgehead atoms. The lowest BCUT2D eigenvalue weighted by Gasteiger charge is -2.26. The van der Waals surface area contributed by atoms with Gasteiger partial charge < -0.3 is 4.90 Å². The average molecular weight is 806 g/mol. The second kappa shape index (κ2) is 15.0. The molecule has 0 aliphatic heterocycles. The van der Waals surface area contributed by atoms with Gasteiger partial charge in [0.05, 0.1) is 0 Å². The Labute approximate surface area is 365 Å². The summed E-state index contributed by atoms with van der Waals surface area (Å²) in [5, 5.41) is 10.3. The number of anilines is 3. The Bertz CT molecular complexity index is 3610. The van der Waals surface area contributed by atoms with Crippen LogP contribution >= 0.6 is 11.3 Å². The van der Waals surface area contributed by atoms with E-state index in [9.17, 15) is 0 Å². The summed E-state index contributed by atoms with van der Waals surface area (Å²) in [4.78, 5) is 2.37. The van der Waals surface area contributed by atoms with Crippen molar-refractivity contribution >= 4 is 80.9 Å². The smallest absolute Gasteiger partial charge is 0.0462 e. The molecule has 0 N–H and O–H groups in total. The van der Waals surface area contributed by atoms with Gasteiger partial charge in [-0.15, -0.1) is 11.3 Å². The van der Waals surface area contributed by atoms with Gasteiger partial charge in [-0.25, -0.2) is 0 Å². The third-order valence-corrected chi connectivity index (χ3v) is 13.6. The van der Waals surface area contributed by atoms with Gasteiger partial charge in [-0.2, -0.15) is 0 Å². The lowest BCUT2D eigenvalue weighted by molar-refractivity contribution is 1.28. The van der Waals surface area contributed by atoms with E-state index in [1.165, 1.54) is 97.0 Å². The molecule has 0 aliphatic rings. The fourth-order valence-corrected chi connectivity index (χ4v) is 10.4. The van der Waals surface area contributed by atoms with Crippen LogP contribution in [0.3, 0.4) is 0 Å². The lowest BCUT2D eigenvalue weighted by atomic mass is 9.95. The summed E-state index contributed by atoms with van der Waals surface area (Å²) >= 11 is 1.86. The summed E-state index contributed by atoms with van der Waals surface area (Å²) in [5.41, 5.74) is 13.0. The highest BCUT2D eigenvalue weighted by Crippen LogP contribution is 2.41. The van der Waals surface area contributed by atoms with Crippen molar-refractivity contribution in [3.8, 4) is 44.5 Å². The maximum atomic E-state index is 2.37. The van der Waals surface area contributed by atoms with Crippen molar-refractivity contribution < 1.29 is 0 Å². The molecule has 1 nitrogen and oxygen atoms in total. The zero-order valence-electron chi connectivity index (χ0n) is 33.9. The van der Waals surface area contributed by atoms with Crippen molar-refractivity contribution in [3.63, 3.8) is 0 Å². The molecule has 12 aromatic rings. The van der Waals surface area contributed by atoms with Crippen molar-refractivity contribution in [2.24, 2.45) is 0 Å². The predicted molar refractivity (Wildman–Crippen MR) is 268 cm³/mol. The molecule has 0 amide bonds. The number of benzene rings is 11. The van der Waals surface area contributed by atoms with Gasteiger partial charge in [-0.1, -0.05) is 176 Å². The Balaban J connectivity index is 0.903. The molecule has 0 aliphatic carbocycles. The second-order valence-corrected chi connectivity index (χ2v) is 17.2. The van der Waals surface area contributed by atoms with Crippen LogP contribution in [0.4, 0.5) is 17.1 Å². The summed E-state index contributed by atoms with van der Waals surface area (Å²) in [6.07, 6.45) is 0. The second-order valence-electron chi connectivity index (χ2n) is 16.1. The Kier molecular flexibility index (Phi) is 8.76. The standard InChI is InChI=1S/C60H39NS/c1-3-14-53-43(9-1)11-8-17-55(53)48-13-7-12-45(37-48)40-21-29-50(30-22-40)61(52-33-25-42(26-34-52)47-28-36-58-57-16-5-6-18-59(57)62-60(58)39-47)51-31-23-41(24-32-51)46-27-35-56-49(38-46)20-19-44-10-2-4-15-54(44)56/h1-39H. The first-order chi connectivity index (χ1) is 30.7. The van der Waals surface area contributed by atoms with Crippen LogP contribution in [0.15, 0.2) is 237 Å². The molecular formula is C60H39NS. The molecule has 0 unspecified atom stereocenters. The van der Waals surface area contributed by atoms with Crippen LogP contribution in [-0.2, 0) is 0 Å². The first-order valence-electron chi connectivity index (χ1n) is 21.2. The normalized spacial score (nSPS) is 11.5. The van der Waals surface area contributed by atoms with Crippen molar-refractivity contribution in [1.82, 2.24) is 0 Å². The van der Waals surface area contributed by atoms with Crippen LogP contribution < -0.4 is 4.90 Å². The third kappa shape index (κ3) is 6.41. The molecule has 0 fully saturated rings. The Morgan fingerprint density at radius 1 is 0.242 bits per heavy atom. The monoisotopic (exact) mass is 805 g/mol. The van der Waals surface area contributed by atoms with E-state index in [0.29, 0.717) is 0 Å². The number of nitrogens with zero attached hydrogens (tertiary/aromatic N) is 1. The van der Waals surface area contributed by atoms with E-state index in [4.69, 9.17) is 0 Å². The molecule has 0 spiro atoms. The molecule has 290 valence electrons. The van der Waals surface area contributed by atoms with Crippen LogP contribution in [0, 0.1) is 0 Å². The van der Waals surface area contributed by atoms with Crippen molar-refractivity contribution in [1.29, 1.82) is 0 Å². The molecule has 0 saturated heterocycles. The molecule has 0 atom stereocenters. The summed E-state index contributed by atoms with van der Waals surface area (Å²) in [7, 11) is 0. The van der Waals surface area contributed by atoms with E-state index in [1.54, 1.807) is 0 Å². The molecule has 0 radical (unpaired) electrons. The Hall–Kier alpha value is -7.78. The minimum Gasteiger partial charge on any atom is -0.311 e. The summed E-state index contributed by atoms with van der Waals surface area (Å²) < 4.78 is 2.64. The number of rotatable bonds is 7. The summed E-state index contributed by atoms with van der Waals surface area (Å²) in [5.74, 6) is 0. The van der Waals surface area contributed by atoms with Crippen LogP contribution in [0.25, 0.3) is 97.0 Å². The van der Waals surface area contributed by atoms with Crippen molar-refractivity contribution in [2.45, 2.75) is 0 Å². The fraction of sp³-hybridized carbons (Fsp3) is 0. The molecular weight excluding hydrogens is 767 g/mol. The molecule has 11 aromatic carbocycles. The van der Waals surface area contributed by atoms with Gasteiger partial charge in [-0.05, 0) is 137 Å². The highest BCUT2D eigenvalue weighted by molar-refractivity contribution is 7.25. The van der Waals surface area contributed by atoms with Gasteiger partial charge in [-0.3, -0.25) is 0 Å². The quantitative estimate of drug-likeness (QED) is 0.145. The van der Waals surface area contributed by atoms with Crippen molar-refractivity contribution in [3.05, 3.63) is 237 Å². The number of fused-ring (bicyclic) bond motifs is 7. The highest BCUT2D eigenvalue weighted by atomic mass is 32.1. The highest BCUT2D eigenvalue weighted by Gasteiger charge is 2.15. The van der Waals surface area contributed by atoms with Gasteiger partial charge >= 0.3 is 0 Å². The topological polar surface area (TPSA) is 3.24 Å². The Morgan fingerprint density at radius 2 is 0.694 bits per heavy atom. The molecule has 1 aromatic heterocycles. The minimum atomic E-state index is 1.10. The van der Waals surface area contributed by atoms with Gasteiger partial charge in [0.2, 0.25) is 0 Å². The van der Waals surface area contributed by atoms with Crippen LogP contribution in [-0.4, -0.2) is 0 Å². The molecule has 12 rings (SSSR count). The molecule has 0 saturated carbocycles. The first-order valence-corrected chi connectivity index (χ1v) is 22.0. The molecule has 2 heteroatoms. The molecule has 62 heavy (non-hydrogen) atoms. The van der Waals surface area contributed by atoms with E-state index in [0.717, 1.165) is 17.1 Å². The summed E-state index contributed by atoms with van der Waals surface area (Å²) in [6.45, 7) is 0. The van der Waals surface area contributed by atoms with Gasteiger partial charge in [0.25, 0.3) is 0 Å². The first kappa shape index (κ1) is 36.1. The number of hydrogen-bond acceptors (Lipinski definition) is 2. The van der Waals surface area contributed by atoms with Crippen LogP contribution in [0.2, 0.25) is 0 Å². The number of hydrogen-bond donors (Lipinski definition) is 0. The van der Waals surface area contributed by atoms with Crippen LogP contribution in [0.5, 0.6) is 0 Å². The average Bonchev–Trinajstić information content (AvgIpc) is 3.72. The van der Waals surface area contributed by atoms with E-state index < -0.39 is 0 Å². The van der Waals surface area contributed by atoms with Gasteiger partial charge in [0, 0.05) is 37.2 Å². The third-order valence-electron chi connectivity index (χ3n) is 12.5. The molecule has 1 heterocycles. The lowest BCUT2D eigenvalue weighted by Crippen LogP contribution is -2.09. The minimum absolute atomic E-state index is 1.10. The zero-order chi connectivity index (χ0) is 41.0. The van der Waals surface area contributed by atoms with Gasteiger partial charge in [0.1, 0.15) is 0 Å². The zero-order valence-corrected chi connectivity index (χ0v) is 34.7. The summed E-state index contributed by atoms with van der Waals surface area (Å²) in [6, 6.07) is 86.7. The van der Waals surface area contributed by atoms with E-state index in [1.807, 2.05) is 11.3 Å². The Morgan fingerprint density at radius 3 is 1.39 bits per heavy atom. The maximum Gasteiger partial charge on any atom is 0.0462 e. The largest absolute Gasteiger partial charge is 0.311 e. The van der Waals surface area contributed by atoms with E-state index in [-0.39, 0.29) is 0 Å².